The molecule has 1 N–H and O–H groups in total. The molecule has 1 atom stereocenters. The highest BCUT2D eigenvalue weighted by Gasteiger charge is 2.29. The smallest absolute Gasteiger partial charge is 0.0369 e. The lowest BCUT2D eigenvalue weighted by Crippen LogP contribution is -2.49. The van der Waals surface area contributed by atoms with Crippen LogP contribution in [0.2, 0.25) is 0 Å². The summed E-state index contributed by atoms with van der Waals surface area (Å²) in [6.07, 6.45) is 1.19. The molecule has 1 fully saturated rings. The van der Waals surface area contributed by atoms with Gasteiger partial charge in [-0.05, 0) is 49.4 Å². The molecule has 1 aromatic carbocycles. The third-order valence-electron chi connectivity index (χ3n) is 4.29. The van der Waals surface area contributed by atoms with E-state index in [1.165, 1.54) is 30.8 Å². The van der Waals surface area contributed by atoms with E-state index in [1.54, 1.807) is 0 Å². The Kier molecular flexibility index (Phi) is 4.87. The summed E-state index contributed by atoms with van der Waals surface area (Å²) in [5, 5.41) is 3.56. The molecule has 2 rings (SSSR count). The van der Waals surface area contributed by atoms with Gasteiger partial charge in [0.2, 0.25) is 0 Å². The van der Waals surface area contributed by atoms with Crippen LogP contribution in [0.5, 0.6) is 0 Å². The minimum Gasteiger partial charge on any atom is -0.371 e. The number of anilines is 1. The van der Waals surface area contributed by atoms with Crippen LogP contribution in [0.15, 0.2) is 24.3 Å². The fourth-order valence-corrected chi connectivity index (χ4v) is 2.61. The summed E-state index contributed by atoms with van der Waals surface area (Å²) in [6.45, 7) is 12.6. The average molecular weight is 260 g/mol. The number of nitrogens with zero attached hydrogens (tertiary/aromatic N) is 1. The van der Waals surface area contributed by atoms with Crippen molar-refractivity contribution in [2.75, 3.05) is 24.5 Å². The zero-order chi connectivity index (χ0) is 13.8. The van der Waals surface area contributed by atoms with Gasteiger partial charge < -0.3 is 10.2 Å². The number of hydrogen-bond acceptors (Lipinski definition) is 2. The average Bonchev–Trinajstić information content (AvgIpc) is 2.34. The van der Waals surface area contributed by atoms with Crippen molar-refractivity contribution in [1.29, 1.82) is 0 Å². The van der Waals surface area contributed by atoms with Crippen LogP contribution in [-0.2, 0) is 0 Å². The highest BCUT2D eigenvalue weighted by molar-refractivity contribution is 5.51. The first kappa shape index (κ1) is 14.4. The molecule has 1 heterocycles. The lowest BCUT2D eigenvalue weighted by molar-refractivity contribution is 0.310. The monoisotopic (exact) mass is 260 g/mol. The molecule has 0 amide bonds. The Bertz CT molecular complexity index is 394. The van der Waals surface area contributed by atoms with Gasteiger partial charge in [-0.3, -0.25) is 0 Å². The van der Waals surface area contributed by atoms with Crippen molar-refractivity contribution < 1.29 is 0 Å². The first-order valence-electron chi connectivity index (χ1n) is 7.70. The van der Waals surface area contributed by atoms with E-state index < -0.39 is 0 Å². The van der Waals surface area contributed by atoms with Gasteiger partial charge in [-0.1, -0.05) is 32.9 Å². The van der Waals surface area contributed by atoms with Crippen LogP contribution in [0.4, 0.5) is 5.69 Å². The minimum absolute atomic E-state index is 0.446. The molecule has 0 aliphatic carbocycles. The first-order valence-corrected chi connectivity index (χ1v) is 7.70. The quantitative estimate of drug-likeness (QED) is 0.836. The zero-order valence-corrected chi connectivity index (χ0v) is 12.8. The van der Waals surface area contributed by atoms with Gasteiger partial charge in [-0.2, -0.15) is 0 Å². The summed E-state index contributed by atoms with van der Waals surface area (Å²) < 4.78 is 0. The molecule has 1 aromatic rings. The minimum atomic E-state index is 0.446. The van der Waals surface area contributed by atoms with Gasteiger partial charge in [0, 0.05) is 24.8 Å². The molecule has 0 radical (unpaired) electrons. The molecule has 106 valence electrons. The van der Waals surface area contributed by atoms with Crippen molar-refractivity contribution in [3.05, 3.63) is 29.8 Å². The van der Waals surface area contributed by atoms with Crippen LogP contribution in [0.3, 0.4) is 0 Å². The normalized spacial score (nSPS) is 17.6. The van der Waals surface area contributed by atoms with Gasteiger partial charge in [-0.15, -0.1) is 0 Å². The third kappa shape index (κ3) is 3.50. The highest BCUT2D eigenvalue weighted by atomic mass is 15.2. The molecule has 19 heavy (non-hydrogen) atoms. The van der Waals surface area contributed by atoms with Crippen LogP contribution >= 0.6 is 0 Å². The Morgan fingerprint density at radius 3 is 2.63 bits per heavy atom. The molecule has 1 saturated heterocycles. The molecule has 0 bridgehead atoms. The van der Waals surface area contributed by atoms with Gasteiger partial charge in [0.1, 0.15) is 0 Å². The Morgan fingerprint density at radius 1 is 1.26 bits per heavy atom. The van der Waals surface area contributed by atoms with Crippen LogP contribution in [-0.4, -0.2) is 19.6 Å². The molecule has 2 heteroatoms. The summed E-state index contributed by atoms with van der Waals surface area (Å²) >= 11 is 0. The van der Waals surface area contributed by atoms with Crippen LogP contribution in [0.1, 0.15) is 45.7 Å². The number of benzene rings is 1. The molecule has 1 aliphatic heterocycles. The van der Waals surface area contributed by atoms with Crippen molar-refractivity contribution in [3.63, 3.8) is 0 Å². The van der Waals surface area contributed by atoms with Gasteiger partial charge in [-0.25, -0.2) is 0 Å². The molecule has 0 aromatic heterocycles. The molecule has 1 unspecified atom stereocenters. The SMILES string of the molecule is CCCNC(C)c1cccc(N2CC(C(C)C)C2)c1. The van der Waals surface area contributed by atoms with Gasteiger partial charge in [0.25, 0.3) is 0 Å². The van der Waals surface area contributed by atoms with Gasteiger partial charge in [0.15, 0.2) is 0 Å². The van der Waals surface area contributed by atoms with Crippen molar-refractivity contribution in [3.8, 4) is 0 Å². The fourth-order valence-electron chi connectivity index (χ4n) is 2.61. The van der Waals surface area contributed by atoms with Crippen molar-refractivity contribution in [2.45, 2.75) is 40.2 Å². The molecule has 0 saturated carbocycles. The molecular formula is C17H28N2. The zero-order valence-electron chi connectivity index (χ0n) is 12.8. The molecule has 2 nitrogen and oxygen atoms in total. The van der Waals surface area contributed by atoms with Gasteiger partial charge >= 0.3 is 0 Å². The van der Waals surface area contributed by atoms with Crippen molar-refractivity contribution in [1.82, 2.24) is 5.32 Å². The second-order valence-corrected chi connectivity index (χ2v) is 6.18. The summed E-state index contributed by atoms with van der Waals surface area (Å²) in [5.41, 5.74) is 2.79. The lowest BCUT2D eigenvalue weighted by atomic mass is 9.88. The van der Waals surface area contributed by atoms with E-state index in [9.17, 15) is 0 Å². The summed E-state index contributed by atoms with van der Waals surface area (Å²) in [6, 6.07) is 9.46. The molecular weight excluding hydrogens is 232 g/mol. The third-order valence-corrected chi connectivity index (χ3v) is 4.29. The Balaban J connectivity index is 1.96. The van der Waals surface area contributed by atoms with E-state index in [-0.39, 0.29) is 0 Å². The molecule has 1 aliphatic rings. The predicted molar refractivity (Wildman–Crippen MR) is 83.7 cm³/mol. The lowest BCUT2D eigenvalue weighted by Gasteiger charge is -2.43. The Morgan fingerprint density at radius 2 is 2.00 bits per heavy atom. The van der Waals surface area contributed by atoms with Crippen LogP contribution in [0, 0.1) is 11.8 Å². The van der Waals surface area contributed by atoms with Gasteiger partial charge in [0.05, 0.1) is 0 Å². The summed E-state index contributed by atoms with van der Waals surface area (Å²) in [7, 11) is 0. The van der Waals surface area contributed by atoms with Crippen LogP contribution < -0.4 is 10.2 Å². The van der Waals surface area contributed by atoms with E-state index in [0.717, 1.165) is 18.4 Å². The second-order valence-electron chi connectivity index (χ2n) is 6.18. The van der Waals surface area contributed by atoms with Crippen molar-refractivity contribution in [2.24, 2.45) is 11.8 Å². The Hall–Kier alpha value is -1.02. The largest absolute Gasteiger partial charge is 0.371 e. The Labute approximate surface area is 118 Å². The second kappa shape index (κ2) is 6.42. The van der Waals surface area contributed by atoms with E-state index in [2.05, 4.69) is 62.2 Å². The maximum absolute atomic E-state index is 3.56. The summed E-state index contributed by atoms with van der Waals surface area (Å²) in [5.74, 6) is 1.68. The van der Waals surface area contributed by atoms with E-state index in [4.69, 9.17) is 0 Å². The highest BCUT2D eigenvalue weighted by Crippen LogP contribution is 2.30. The first-order chi connectivity index (χ1) is 9.11. The standard InChI is InChI=1S/C17H28N2/c1-5-9-18-14(4)15-7-6-8-17(10-15)19-11-16(12-19)13(2)3/h6-8,10,13-14,16,18H,5,9,11-12H2,1-4H3. The maximum Gasteiger partial charge on any atom is 0.0369 e. The topological polar surface area (TPSA) is 15.3 Å². The number of rotatable bonds is 6. The number of nitrogens with one attached hydrogen (secondary N) is 1. The van der Waals surface area contributed by atoms with E-state index >= 15 is 0 Å². The van der Waals surface area contributed by atoms with E-state index in [0.29, 0.717) is 6.04 Å². The molecule has 0 spiro atoms. The maximum atomic E-state index is 3.56. The fraction of sp³-hybridized carbons (Fsp3) is 0.647. The summed E-state index contributed by atoms with van der Waals surface area (Å²) in [4.78, 5) is 2.50. The van der Waals surface area contributed by atoms with E-state index in [1.807, 2.05) is 0 Å². The van der Waals surface area contributed by atoms with Crippen molar-refractivity contribution >= 4 is 5.69 Å². The predicted octanol–water partition coefficient (Wildman–Crippen LogP) is 3.84. The number of hydrogen-bond donors (Lipinski definition) is 1. The van der Waals surface area contributed by atoms with Crippen LogP contribution in [0.25, 0.3) is 0 Å².